The van der Waals surface area contributed by atoms with E-state index in [9.17, 15) is 9.59 Å². The number of nitrogens with zero attached hydrogens (tertiary/aromatic N) is 2. The lowest BCUT2D eigenvalue weighted by molar-refractivity contribution is -0.132. The predicted molar refractivity (Wildman–Crippen MR) is 122 cm³/mol. The van der Waals surface area contributed by atoms with E-state index in [1.165, 1.54) is 0 Å². The second-order valence-corrected chi connectivity index (χ2v) is 7.01. The molecular weight excluding hydrogens is 435 g/mol. The van der Waals surface area contributed by atoms with Gasteiger partial charge in [-0.3, -0.25) is 14.5 Å². The summed E-state index contributed by atoms with van der Waals surface area (Å²) in [6.45, 7) is 2.86. The number of halogens is 3. The van der Waals surface area contributed by atoms with Gasteiger partial charge in [-0.25, -0.2) is 0 Å². The minimum absolute atomic E-state index is 0. The maximum absolute atomic E-state index is 12.4. The Morgan fingerprint density at radius 2 is 1.59 bits per heavy atom. The third kappa shape index (κ3) is 7.40. The molecule has 1 saturated heterocycles. The zero-order chi connectivity index (χ0) is 19.2. The summed E-state index contributed by atoms with van der Waals surface area (Å²) < 4.78 is 0. The Morgan fingerprint density at radius 1 is 0.966 bits per heavy atom. The highest BCUT2D eigenvalue weighted by molar-refractivity contribution is 6.33. The summed E-state index contributed by atoms with van der Waals surface area (Å²) in [6, 6.07) is 14.5. The largest absolute Gasteiger partial charge is 0.399 e. The average molecular weight is 460 g/mol. The summed E-state index contributed by atoms with van der Waals surface area (Å²) in [5.74, 6) is -0.00955. The smallest absolute Gasteiger partial charge is 0.238 e. The van der Waals surface area contributed by atoms with Crippen molar-refractivity contribution in [1.82, 2.24) is 9.80 Å². The SMILES string of the molecule is Cl.Cl.Nc1ccc(CC(=O)N2CCN(CC(=O)Nc3ccccc3Cl)CC2)cc1. The van der Waals surface area contributed by atoms with Crippen LogP contribution in [0.15, 0.2) is 48.5 Å². The Bertz CT molecular complexity index is 810. The third-order valence-electron chi connectivity index (χ3n) is 4.58. The number of amides is 2. The van der Waals surface area contributed by atoms with Crippen LogP contribution in [-0.2, 0) is 16.0 Å². The molecule has 0 aromatic heterocycles. The summed E-state index contributed by atoms with van der Waals surface area (Å²) in [5.41, 5.74) is 7.93. The molecule has 158 valence electrons. The van der Waals surface area contributed by atoms with Gasteiger partial charge in [0.15, 0.2) is 0 Å². The Balaban J connectivity index is 0.00000210. The lowest BCUT2D eigenvalue weighted by Crippen LogP contribution is -2.50. The highest BCUT2D eigenvalue weighted by atomic mass is 35.5. The van der Waals surface area contributed by atoms with Crippen LogP contribution in [0.4, 0.5) is 11.4 Å². The van der Waals surface area contributed by atoms with E-state index >= 15 is 0 Å². The van der Waals surface area contributed by atoms with Crippen molar-refractivity contribution in [1.29, 1.82) is 0 Å². The Kier molecular flexibility index (Phi) is 10.3. The van der Waals surface area contributed by atoms with E-state index in [1.54, 1.807) is 24.3 Å². The molecule has 1 fully saturated rings. The van der Waals surface area contributed by atoms with Crippen LogP contribution in [0.2, 0.25) is 5.02 Å². The van der Waals surface area contributed by atoms with Gasteiger partial charge in [0.25, 0.3) is 0 Å². The number of anilines is 2. The first-order chi connectivity index (χ1) is 13.0. The molecule has 3 N–H and O–H groups in total. The highest BCUT2D eigenvalue weighted by Gasteiger charge is 2.22. The van der Waals surface area contributed by atoms with Gasteiger partial charge in [-0.1, -0.05) is 35.9 Å². The summed E-state index contributed by atoms with van der Waals surface area (Å²) in [4.78, 5) is 28.5. The van der Waals surface area contributed by atoms with Gasteiger partial charge in [0, 0.05) is 31.9 Å². The fourth-order valence-electron chi connectivity index (χ4n) is 3.03. The molecule has 0 atom stereocenters. The van der Waals surface area contributed by atoms with Gasteiger partial charge in [0.05, 0.1) is 23.7 Å². The average Bonchev–Trinajstić information content (AvgIpc) is 2.66. The van der Waals surface area contributed by atoms with Crippen molar-refractivity contribution in [3.63, 3.8) is 0 Å². The van der Waals surface area contributed by atoms with Crippen LogP contribution in [0.1, 0.15) is 5.56 Å². The summed E-state index contributed by atoms with van der Waals surface area (Å²) in [7, 11) is 0. The zero-order valence-electron chi connectivity index (χ0n) is 15.8. The molecule has 2 aromatic carbocycles. The van der Waals surface area contributed by atoms with Gasteiger partial charge in [-0.05, 0) is 29.8 Å². The van der Waals surface area contributed by atoms with Crippen LogP contribution < -0.4 is 11.1 Å². The zero-order valence-corrected chi connectivity index (χ0v) is 18.2. The number of carbonyl (C=O) groups is 2. The van der Waals surface area contributed by atoms with Crippen LogP contribution in [0, 0.1) is 0 Å². The molecule has 0 radical (unpaired) electrons. The fraction of sp³-hybridized carbons (Fsp3) is 0.300. The number of hydrogen-bond acceptors (Lipinski definition) is 4. The van der Waals surface area contributed by atoms with Gasteiger partial charge >= 0.3 is 0 Å². The van der Waals surface area contributed by atoms with Gasteiger partial charge in [0.1, 0.15) is 0 Å². The number of carbonyl (C=O) groups excluding carboxylic acids is 2. The summed E-state index contributed by atoms with van der Waals surface area (Å²) in [6.07, 6.45) is 0.368. The number of benzene rings is 2. The minimum Gasteiger partial charge on any atom is -0.399 e. The molecule has 6 nitrogen and oxygen atoms in total. The second-order valence-electron chi connectivity index (χ2n) is 6.60. The number of nitrogens with two attached hydrogens (primary N) is 1. The van der Waals surface area contributed by atoms with Crippen molar-refractivity contribution in [2.75, 3.05) is 43.8 Å². The number of piperazine rings is 1. The van der Waals surface area contributed by atoms with E-state index in [0.717, 1.165) is 5.56 Å². The third-order valence-corrected chi connectivity index (χ3v) is 4.90. The van der Waals surface area contributed by atoms with Crippen LogP contribution in [0.5, 0.6) is 0 Å². The number of hydrogen-bond donors (Lipinski definition) is 2. The lowest BCUT2D eigenvalue weighted by Gasteiger charge is -2.34. The Hall–Kier alpha value is -1.99. The van der Waals surface area contributed by atoms with E-state index < -0.39 is 0 Å². The van der Waals surface area contributed by atoms with E-state index in [4.69, 9.17) is 17.3 Å². The van der Waals surface area contributed by atoms with Gasteiger partial charge in [-0.15, -0.1) is 24.8 Å². The topological polar surface area (TPSA) is 78.7 Å². The molecule has 29 heavy (non-hydrogen) atoms. The molecule has 0 aliphatic carbocycles. The quantitative estimate of drug-likeness (QED) is 0.674. The van der Waals surface area contributed by atoms with E-state index in [2.05, 4.69) is 5.32 Å². The van der Waals surface area contributed by atoms with E-state index in [-0.39, 0.29) is 43.2 Å². The fourth-order valence-corrected chi connectivity index (χ4v) is 3.22. The van der Waals surface area contributed by atoms with Crippen molar-refractivity contribution in [3.05, 3.63) is 59.1 Å². The van der Waals surface area contributed by atoms with Crippen LogP contribution in [0.3, 0.4) is 0 Å². The molecule has 1 aliphatic heterocycles. The summed E-state index contributed by atoms with van der Waals surface area (Å²) >= 11 is 6.06. The Labute approximate surface area is 188 Å². The molecule has 0 saturated carbocycles. The Morgan fingerprint density at radius 3 is 2.21 bits per heavy atom. The normalized spacial score (nSPS) is 13.8. The monoisotopic (exact) mass is 458 g/mol. The van der Waals surface area contributed by atoms with E-state index in [0.29, 0.717) is 49.0 Å². The molecule has 9 heteroatoms. The van der Waals surface area contributed by atoms with Crippen LogP contribution in [-0.4, -0.2) is 54.3 Å². The number of nitrogens with one attached hydrogen (secondary N) is 1. The molecule has 3 rings (SSSR count). The van der Waals surface area contributed by atoms with Crippen molar-refractivity contribution < 1.29 is 9.59 Å². The number of nitrogen functional groups attached to an aromatic ring is 1. The van der Waals surface area contributed by atoms with Crippen molar-refractivity contribution >= 4 is 59.6 Å². The minimum atomic E-state index is -0.107. The standard InChI is InChI=1S/C20H23ClN4O2.2ClH/c21-17-3-1-2-4-18(17)23-19(26)14-24-9-11-25(12-10-24)20(27)13-15-5-7-16(22)8-6-15;;/h1-8H,9-14,22H2,(H,23,26);2*1H. The maximum Gasteiger partial charge on any atom is 0.238 e. The lowest BCUT2D eigenvalue weighted by atomic mass is 10.1. The van der Waals surface area contributed by atoms with Crippen molar-refractivity contribution in [2.24, 2.45) is 0 Å². The molecule has 0 bridgehead atoms. The molecule has 1 aliphatic rings. The van der Waals surface area contributed by atoms with Crippen LogP contribution >= 0.6 is 36.4 Å². The van der Waals surface area contributed by atoms with Crippen molar-refractivity contribution in [3.8, 4) is 0 Å². The first kappa shape index (κ1) is 25.0. The molecule has 0 unspecified atom stereocenters. The first-order valence-electron chi connectivity index (χ1n) is 8.90. The van der Waals surface area contributed by atoms with E-state index in [1.807, 2.05) is 34.1 Å². The number of rotatable bonds is 5. The molecular formula is C20H25Cl3N4O2. The van der Waals surface area contributed by atoms with Crippen molar-refractivity contribution in [2.45, 2.75) is 6.42 Å². The number of para-hydroxylation sites is 1. The molecule has 2 aromatic rings. The predicted octanol–water partition coefficient (Wildman–Crippen LogP) is 3.09. The molecule has 0 spiro atoms. The molecule has 1 heterocycles. The van der Waals surface area contributed by atoms with Gasteiger partial charge in [-0.2, -0.15) is 0 Å². The van der Waals surface area contributed by atoms with Crippen LogP contribution in [0.25, 0.3) is 0 Å². The summed E-state index contributed by atoms with van der Waals surface area (Å²) in [5, 5.41) is 3.34. The highest BCUT2D eigenvalue weighted by Crippen LogP contribution is 2.20. The molecule has 2 amide bonds. The van der Waals surface area contributed by atoms with Gasteiger partial charge in [0.2, 0.25) is 11.8 Å². The first-order valence-corrected chi connectivity index (χ1v) is 9.28. The second kappa shape index (κ2) is 11.9. The maximum atomic E-state index is 12.4. The van der Waals surface area contributed by atoms with Gasteiger partial charge < -0.3 is 16.0 Å².